The Labute approximate surface area is 168 Å². The zero-order chi connectivity index (χ0) is 20.0. The van der Waals surface area contributed by atoms with Gasteiger partial charge in [0, 0.05) is 42.6 Å². The summed E-state index contributed by atoms with van der Waals surface area (Å²) in [6, 6.07) is 6.70. The minimum atomic E-state index is -3.09. The van der Waals surface area contributed by atoms with Gasteiger partial charge in [0.1, 0.15) is 0 Å². The maximum absolute atomic E-state index is 12.1. The number of rotatable bonds is 7. The van der Waals surface area contributed by atoms with Crippen molar-refractivity contribution >= 4 is 26.5 Å². The van der Waals surface area contributed by atoms with Gasteiger partial charge >= 0.3 is 0 Å². The largest absolute Gasteiger partial charge is 0.382 e. The fourth-order valence-corrected chi connectivity index (χ4v) is 4.70. The lowest BCUT2D eigenvalue weighted by molar-refractivity contribution is 0.330. The number of nitrogens with one attached hydrogen (secondary N) is 1. The van der Waals surface area contributed by atoms with Gasteiger partial charge < -0.3 is 5.32 Å². The van der Waals surface area contributed by atoms with Crippen molar-refractivity contribution in [1.82, 2.24) is 9.29 Å². The van der Waals surface area contributed by atoms with Gasteiger partial charge in [-0.25, -0.2) is 12.7 Å². The summed E-state index contributed by atoms with van der Waals surface area (Å²) in [5, 5.41) is 5.93. The number of pyridine rings is 1. The molecule has 0 bridgehead atoms. The standard InChI is InChI=1S/C22H29N3O2S/c1-3-5-6-7-8-18-15-19-9-12-23-17-21(19)22(16-18)24-20-10-13-25(14-11-20)28(26,27)4-2/h3,5-7,9,12,15-17,20,24H,4,8,10-11,13-14H2,1-2H3. The maximum Gasteiger partial charge on any atom is 0.213 e. The first-order valence-corrected chi connectivity index (χ1v) is 11.5. The Balaban J connectivity index is 1.77. The summed E-state index contributed by atoms with van der Waals surface area (Å²) in [5.74, 6) is 0.171. The number of hydrogen-bond acceptors (Lipinski definition) is 4. The molecule has 3 rings (SSSR count). The van der Waals surface area contributed by atoms with Crippen molar-refractivity contribution < 1.29 is 8.42 Å². The van der Waals surface area contributed by atoms with Gasteiger partial charge in [-0.2, -0.15) is 0 Å². The third-order valence-electron chi connectivity index (χ3n) is 5.18. The molecule has 0 amide bonds. The van der Waals surface area contributed by atoms with Crippen LogP contribution in [0.4, 0.5) is 5.69 Å². The fourth-order valence-electron chi connectivity index (χ4n) is 3.57. The molecule has 6 heteroatoms. The average Bonchev–Trinajstić information content (AvgIpc) is 2.72. The van der Waals surface area contributed by atoms with Gasteiger partial charge in [0.2, 0.25) is 10.0 Å². The molecule has 1 N–H and O–H groups in total. The van der Waals surface area contributed by atoms with E-state index in [1.807, 2.05) is 37.5 Å². The number of piperidine rings is 1. The molecule has 0 unspecified atom stereocenters. The highest BCUT2D eigenvalue weighted by Crippen LogP contribution is 2.28. The van der Waals surface area contributed by atoms with E-state index in [0.717, 1.165) is 30.3 Å². The SMILES string of the molecule is CC=CC=CCc1cc(NC2CCN(S(=O)(=O)CC)CC2)c2cnccc2c1. The quantitative estimate of drug-likeness (QED) is 0.711. The molecule has 0 saturated carbocycles. The molecule has 0 spiro atoms. The van der Waals surface area contributed by atoms with Crippen LogP contribution < -0.4 is 5.32 Å². The van der Waals surface area contributed by atoms with Gasteiger partial charge in [0.25, 0.3) is 0 Å². The Morgan fingerprint density at radius 3 is 2.75 bits per heavy atom. The summed E-state index contributed by atoms with van der Waals surface area (Å²) >= 11 is 0. The van der Waals surface area contributed by atoms with Gasteiger partial charge in [0.05, 0.1) is 5.75 Å². The van der Waals surface area contributed by atoms with Crippen LogP contribution in [0.15, 0.2) is 54.9 Å². The van der Waals surface area contributed by atoms with E-state index in [9.17, 15) is 8.42 Å². The summed E-state index contributed by atoms with van der Waals surface area (Å²) in [6.45, 7) is 4.87. The second kappa shape index (κ2) is 9.34. The number of nitrogens with zero attached hydrogens (tertiary/aromatic N) is 2. The topological polar surface area (TPSA) is 62.3 Å². The Kier molecular flexibility index (Phi) is 6.86. The van der Waals surface area contributed by atoms with Crippen LogP contribution in [0.25, 0.3) is 10.8 Å². The highest BCUT2D eigenvalue weighted by molar-refractivity contribution is 7.89. The monoisotopic (exact) mass is 399 g/mol. The predicted molar refractivity (Wildman–Crippen MR) is 117 cm³/mol. The summed E-state index contributed by atoms with van der Waals surface area (Å²) < 4.78 is 25.8. The van der Waals surface area contributed by atoms with E-state index in [1.54, 1.807) is 11.2 Å². The van der Waals surface area contributed by atoms with Gasteiger partial charge in [-0.05, 0) is 56.2 Å². The highest BCUT2D eigenvalue weighted by atomic mass is 32.2. The lowest BCUT2D eigenvalue weighted by atomic mass is 10.0. The van der Waals surface area contributed by atoms with Crippen molar-refractivity contribution in [3.05, 3.63) is 60.5 Å². The molecule has 28 heavy (non-hydrogen) atoms. The molecule has 2 aromatic rings. The molecule has 2 heterocycles. The Morgan fingerprint density at radius 1 is 1.25 bits per heavy atom. The van der Waals surface area contributed by atoms with Crippen molar-refractivity contribution in [2.24, 2.45) is 0 Å². The number of aromatic nitrogens is 1. The molecular formula is C22H29N3O2S. The fraction of sp³-hybridized carbons (Fsp3) is 0.409. The Hall–Kier alpha value is -2.18. The first-order chi connectivity index (χ1) is 13.5. The van der Waals surface area contributed by atoms with Crippen molar-refractivity contribution in [2.45, 2.75) is 39.2 Å². The van der Waals surface area contributed by atoms with Crippen molar-refractivity contribution in [3.63, 3.8) is 0 Å². The predicted octanol–water partition coefficient (Wildman–Crippen LogP) is 4.14. The normalized spacial score (nSPS) is 17.1. The highest BCUT2D eigenvalue weighted by Gasteiger charge is 2.26. The molecule has 1 aliphatic rings. The number of benzene rings is 1. The Bertz CT molecular complexity index is 959. The maximum atomic E-state index is 12.1. The summed E-state index contributed by atoms with van der Waals surface area (Å²) in [6.07, 6.45) is 14.5. The van der Waals surface area contributed by atoms with E-state index in [2.05, 4.69) is 34.6 Å². The van der Waals surface area contributed by atoms with E-state index >= 15 is 0 Å². The van der Waals surface area contributed by atoms with E-state index in [4.69, 9.17) is 0 Å². The van der Waals surface area contributed by atoms with Crippen LogP contribution in [-0.4, -0.2) is 42.6 Å². The lowest BCUT2D eigenvalue weighted by Crippen LogP contribution is -2.42. The molecule has 150 valence electrons. The van der Waals surface area contributed by atoms with Crippen molar-refractivity contribution in [3.8, 4) is 0 Å². The number of anilines is 1. The number of fused-ring (bicyclic) bond motifs is 1. The average molecular weight is 400 g/mol. The van der Waals surface area contributed by atoms with Gasteiger partial charge in [-0.15, -0.1) is 0 Å². The van der Waals surface area contributed by atoms with Crippen molar-refractivity contribution in [1.29, 1.82) is 0 Å². The zero-order valence-corrected chi connectivity index (χ0v) is 17.5. The molecule has 0 radical (unpaired) electrons. The van der Waals surface area contributed by atoms with Crippen LogP contribution in [0.3, 0.4) is 0 Å². The third kappa shape index (κ3) is 5.00. The molecule has 0 aliphatic carbocycles. The first-order valence-electron chi connectivity index (χ1n) is 9.92. The number of hydrogen-bond donors (Lipinski definition) is 1. The van der Waals surface area contributed by atoms with Crippen LogP contribution in [0.2, 0.25) is 0 Å². The molecule has 1 aliphatic heterocycles. The molecule has 1 saturated heterocycles. The molecule has 1 aromatic heterocycles. The lowest BCUT2D eigenvalue weighted by Gasteiger charge is -2.32. The Morgan fingerprint density at radius 2 is 2.04 bits per heavy atom. The number of sulfonamides is 1. The van der Waals surface area contributed by atoms with Gasteiger partial charge in [-0.3, -0.25) is 4.98 Å². The van der Waals surface area contributed by atoms with Crippen molar-refractivity contribution in [2.75, 3.05) is 24.2 Å². The summed E-state index contributed by atoms with van der Waals surface area (Å²) in [5.41, 5.74) is 2.32. The molecule has 0 atom stereocenters. The third-order valence-corrected chi connectivity index (χ3v) is 7.06. The molecular weight excluding hydrogens is 370 g/mol. The van der Waals surface area contributed by atoms with E-state index in [0.29, 0.717) is 13.1 Å². The van der Waals surface area contributed by atoms with Crippen LogP contribution in [0, 0.1) is 0 Å². The second-order valence-corrected chi connectivity index (χ2v) is 9.37. The smallest absolute Gasteiger partial charge is 0.213 e. The first kappa shape index (κ1) is 20.6. The summed E-state index contributed by atoms with van der Waals surface area (Å²) in [7, 11) is -3.09. The number of allylic oxidation sites excluding steroid dienone is 4. The second-order valence-electron chi connectivity index (χ2n) is 7.12. The van der Waals surface area contributed by atoms with Crippen LogP contribution in [-0.2, 0) is 16.4 Å². The molecule has 1 fully saturated rings. The molecule has 1 aromatic carbocycles. The van der Waals surface area contributed by atoms with Crippen LogP contribution in [0.1, 0.15) is 32.3 Å². The summed E-state index contributed by atoms with van der Waals surface area (Å²) in [4.78, 5) is 4.29. The van der Waals surface area contributed by atoms with Crippen LogP contribution in [0.5, 0.6) is 0 Å². The minimum absolute atomic E-state index is 0.171. The molecule has 5 nitrogen and oxygen atoms in total. The van der Waals surface area contributed by atoms with E-state index in [-0.39, 0.29) is 11.8 Å². The minimum Gasteiger partial charge on any atom is -0.382 e. The zero-order valence-electron chi connectivity index (χ0n) is 16.6. The van der Waals surface area contributed by atoms with E-state index < -0.39 is 10.0 Å². The van der Waals surface area contributed by atoms with Crippen LogP contribution >= 0.6 is 0 Å². The van der Waals surface area contributed by atoms with Gasteiger partial charge in [0.15, 0.2) is 0 Å². The van der Waals surface area contributed by atoms with E-state index in [1.165, 1.54) is 10.9 Å². The van der Waals surface area contributed by atoms with Gasteiger partial charge in [-0.1, -0.05) is 30.4 Å².